The average Bonchev–Trinajstić information content (AvgIpc) is 3.04. The van der Waals surface area contributed by atoms with Gasteiger partial charge in [0, 0.05) is 0 Å². The van der Waals surface area contributed by atoms with Crippen molar-refractivity contribution in [1.29, 1.82) is 0 Å². The first-order chi connectivity index (χ1) is 10.2. The molecule has 7 heteroatoms. The van der Waals surface area contributed by atoms with Crippen LogP contribution >= 0.6 is 23.6 Å². The van der Waals surface area contributed by atoms with Crippen LogP contribution in [0.1, 0.15) is 10.4 Å². The van der Waals surface area contributed by atoms with E-state index in [0.29, 0.717) is 16.2 Å². The van der Waals surface area contributed by atoms with Crippen molar-refractivity contribution in [2.24, 2.45) is 5.10 Å². The summed E-state index contributed by atoms with van der Waals surface area (Å²) in [6.45, 7) is 2.00. The fourth-order valence-corrected chi connectivity index (χ4v) is 2.80. The molecular formula is C14H11FN4S2. The van der Waals surface area contributed by atoms with Crippen molar-refractivity contribution in [3.63, 3.8) is 0 Å². The van der Waals surface area contributed by atoms with Gasteiger partial charge in [0.25, 0.3) is 0 Å². The first-order valence-electron chi connectivity index (χ1n) is 6.17. The van der Waals surface area contributed by atoms with Crippen molar-refractivity contribution in [3.8, 4) is 11.4 Å². The standard InChI is InChI=1S/C14H11FN4S2/c1-9-6-7-21-12(9)8-16-19-13(17-18-14(19)20)10-4-2-3-5-11(10)15/h2-8H,1H3,(H,18,20). The molecule has 0 aliphatic carbocycles. The van der Waals surface area contributed by atoms with Crippen LogP contribution < -0.4 is 0 Å². The zero-order chi connectivity index (χ0) is 14.8. The smallest absolute Gasteiger partial charge is 0.216 e. The van der Waals surface area contributed by atoms with Gasteiger partial charge in [0.15, 0.2) is 5.82 Å². The van der Waals surface area contributed by atoms with Gasteiger partial charge < -0.3 is 0 Å². The number of thiophene rings is 1. The van der Waals surface area contributed by atoms with Gasteiger partial charge >= 0.3 is 0 Å². The lowest BCUT2D eigenvalue weighted by Gasteiger charge is -2.01. The summed E-state index contributed by atoms with van der Waals surface area (Å²) in [5.74, 6) is -0.0150. The maximum absolute atomic E-state index is 13.9. The summed E-state index contributed by atoms with van der Waals surface area (Å²) in [5, 5.41) is 13.0. The van der Waals surface area contributed by atoms with Crippen LogP contribution in [0.3, 0.4) is 0 Å². The Morgan fingerprint density at radius 1 is 1.38 bits per heavy atom. The summed E-state index contributed by atoms with van der Waals surface area (Å²) in [5.41, 5.74) is 1.48. The number of nitrogens with one attached hydrogen (secondary N) is 1. The Morgan fingerprint density at radius 3 is 2.90 bits per heavy atom. The molecule has 1 aromatic carbocycles. The molecule has 0 bridgehead atoms. The molecule has 0 spiro atoms. The minimum atomic E-state index is -0.366. The lowest BCUT2D eigenvalue weighted by atomic mass is 10.2. The number of halogens is 1. The average molecular weight is 318 g/mol. The van der Waals surface area contributed by atoms with Gasteiger partial charge in [-0.05, 0) is 48.3 Å². The summed E-state index contributed by atoms with van der Waals surface area (Å²) in [6, 6.07) is 8.40. The largest absolute Gasteiger partial charge is 0.250 e. The molecule has 0 saturated carbocycles. The van der Waals surface area contributed by atoms with Crippen molar-refractivity contribution in [2.45, 2.75) is 6.92 Å². The first-order valence-corrected chi connectivity index (χ1v) is 7.46. The molecule has 2 aromatic heterocycles. The van der Waals surface area contributed by atoms with Crippen molar-refractivity contribution in [2.75, 3.05) is 0 Å². The number of aromatic nitrogens is 3. The number of aryl methyl sites for hydroxylation is 1. The van der Waals surface area contributed by atoms with Crippen LogP contribution in [0.4, 0.5) is 4.39 Å². The van der Waals surface area contributed by atoms with E-state index < -0.39 is 0 Å². The van der Waals surface area contributed by atoms with E-state index >= 15 is 0 Å². The van der Waals surface area contributed by atoms with E-state index in [1.165, 1.54) is 10.7 Å². The zero-order valence-electron chi connectivity index (χ0n) is 11.1. The summed E-state index contributed by atoms with van der Waals surface area (Å²) in [6.07, 6.45) is 1.70. The molecule has 0 fully saturated rings. The highest BCUT2D eigenvalue weighted by atomic mass is 32.1. The van der Waals surface area contributed by atoms with E-state index in [1.54, 1.807) is 35.8 Å². The third kappa shape index (κ3) is 2.70. The lowest BCUT2D eigenvalue weighted by molar-refractivity contribution is 0.628. The van der Waals surface area contributed by atoms with Crippen LogP contribution in [0, 0.1) is 17.5 Å². The van der Waals surface area contributed by atoms with E-state index in [9.17, 15) is 4.39 Å². The number of rotatable bonds is 3. The second kappa shape index (κ2) is 5.71. The third-order valence-corrected chi connectivity index (χ3v) is 4.18. The topological polar surface area (TPSA) is 46.0 Å². The second-order valence-electron chi connectivity index (χ2n) is 4.36. The number of H-pyrrole nitrogens is 1. The maximum atomic E-state index is 13.9. The van der Waals surface area contributed by atoms with Crippen molar-refractivity contribution >= 4 is 29.8 Å². The molecule has 106 valence electrons. The lowest BCUT2D eigenvalue weighted by Crippen LogP contribution is -1.96. The SMILES string of the molecule is Cc1ccsc1C=Nn1c(-c2ccccc2F)n[nH]c1=S. The molecule has 0 unspecified atom stereocenters. The molecular weight excluding hydrogens is 307 g/mol. The van der Waals surface area contributed by atoms with Gasteiger partial charge in [0.2, 0.25) is 4.77 Å². The Kier molecular flexibility index (Phi) is 3.76. The van der Waals surface area contributed by atoms with Gasteiger partial charge in [0.05, 0.1) is 16.7 Å². The molecule has 4 nitrogen and oxygen atoms in total. The van der Waals surface area contributed by atoms with E-state index in [1.807, 2.05) is 18.4 Å². The Bertz CT molecular complexity index is 860. The predicted octanol–water partition coefficient (Wildman–Crippen LogP) is 4.00. The van der Waals surface area contributed by atoms with Crippen LogP contribution in [0.5, 0.6) is 0 Å². The van der Waals surface area contributed by atoms with Crippen LogP contribution in [-0.4, -0.2) is 21.1 Å². The summed E-state index contributed by atoms with van der Waals surface area (Å²) in [7, 11) is 0. The minimum absolute atomic E-state index is 0.318. The summed E-state index contributed by atoms with van der Waals surface area (Å²) >= 11 is 6.74. The highest BCUT2D eigenvalue weighted by molar-refractivity contribution is 7.71. The monoisotopic (exact) mass is 318 g/mol. The van der Waals surface area contributed by atoms with Crippen LogP contribution in [0.25, 0.3) is 11.4 Å². The normalized spacial score (nSPS) is 11.3. The molecule has 0 amide bonds. The van der Waals surface area contributed by atoms with Crippen LogP contribution in [0.2, 0.25) is 0 Å². The van der Waals surface area contributed by atoms with Gasteiger partial charge in [0.1, 0.15) is 5.82 Å². The second-order valence-corrected chi connectivity index (χ2v) is 5.69. The quantitative estimate of drug-likeness (QED) is 0.586. The van der Waals surface area contributed by atoms with Gasteiger partial charge in [-0.25, -0.2) is 9.49 Å². The highest BCUT2D eigenvalue weighted by Crippen LogP contribution is 2.21. The van der Waals surface area contributed by atoms with Crippen molar-refractivity contribution < 1.29 is 4.39 Å². The fourth-order valence-electron chi connectivity index (χ4n) is 1.84. The van der Waals surface area contributed by atoms with Gasteiger partial charge in [-0.15, -0.1) is 11.3 Å². The Balaban J connectivity index is 2.07. The Hall–Kier alpha value is -2.12. The number of nitrogens with zero attached hydrogens (tertiary/aromatic N) is 3. The van der Waals surface area contributed by atoms with E-state index in [0.717, 1.165) is 10.4 Å². The number of hydrogen-bond donors (Lipinski definition) is 1. The Morgan fingerprint density at radius 2 is 2.19 bits per heavy atom. The molecule has 2 heterocycles. The molecule has 0 aliphatic rings. The van der Waals surface area contributed by atoms with E-state index in [4.69, 9.17) is 12.2 Å². The summed E-state index contributed by atoms with van der Waals surface area (Å²) < 4.78 is 15.6. The van der Waals surface area contributed by atoms with Crippen LogP contribution in [-0.2, 0) is 0 Å². The van der Waals surface area contributed by atoms with Gasteiger partial charge in [-0.3, -0.25) is 0 Å². The maximum Gasteiger partial charge on any atom is 0.216 e. The molecule has 0 radical (unpaired) electrons. The van der Waals surface area contributed by atoms with Crippen molar-refractivity contribution in [1.82, 2.24) is 14.9 Å². The van der Waals surface area contributed by atoms with E-state index in [2.05, 4.69) is 15.3 Å². The third-order valence-electron chi connectivity index (χ3n) is 2.96. The predicted molar refractivity (Wildman–Crippen MR) is 84.9 cm³/mol. The highest BCUT2D eigenvalue weighted by Gasteiger charge is 2.12. The molecule has 1 N–H and O–H groups in total. The van der Waals surface area contributed by atoms with Gasteiger partial charge in [-0.1, -0.05) is 12.1 Å². The fraction of sp³-hybridized carbons (Fsp3) is 0.0714. The van der Waals surface area contributed by atoms with Crippen molar-refractivity contribution in [3.05, 3.63) is 56.7 Å². The number of aromatic amines is 1. The summed E-state index contributed by atoms with van der Waals surface area (Å²) in [4.78, 5) is 1.03. The number of hydrogen-bond acceptors (Lipinski definition) is 4. The zero-order valence-corrected chi connectivity index (χ0v) is 12.7. The molecule has 0 atom stereocenters. The van der Waals surface area contributed by atoms with E-state index in [-0.39, 0.29) is 5.82 Å². The van der Waals surface area contributed by atoms with Gasteiger partial charge in [-0.2, -0.15) is 14.9 Å². The first kappa shape index (κ1) is 13.8. The molecule has 3 aromatic rings. The minimum Gasteiger partial charge on any atom is -0.250 e. The van der Waals surface area contributed by atoms with Crippen LogP contribution in [0.15, 0.2) is 40.8 Å². The number of benzene rings is 1. The molecule has 0 saturated heterocycles. The molecule has 21 heavy (non-hydrogen) atoms. The Labute approximate surface area is 129 Å². The molecule has 0 aliphatic heterocycles. The molecule has 3 rings (SSSR count).